The van der Waals surface area contributed by atoms with Crippen LogP contribution in [0.2, 0.25) is 0 Å². The van der Waals surface area contributed by atoms with Crippen molar-refractivity contribution in [3.05, 3.63) is 29.8 Å². The van der Waals surface area contributed by atoms with Crippen molar-refractivity contribution in [2.24, 2.45) is 5.16 Å². The number of methoxy groups -OCH3 is 1. The van der Waals surface area contributed by atoms with Crippen molar-refractivity contribution in [3.8, 4) is 5.75 Å². The minimum atomic E-state index is -0.488. The van der Waals surface area contributed by atoms with Crippen LogP contribution in [0, 0.1) is 0 Å². The van der Waals surface area contributed by atoms with Gasteiger partial charge in [-0.3, -0.25) is 4.79 Å². The van der Waals surface area contributed by atoms with Crippen molar-refractivity contribution >= 4 is 11.6 Å². The zero-order chi connectivity index (χ0) is 13.2. The molecule has 5 heteroatoms. The summed E-state index contributed by atoms with van der Waals surface area (Å²) in [6, 6.07) is 7.93. The minimum Gasteiger partial charge on any atom is -0.497 e. The Bertz CT molecular complexity index is 506. The molecule has 1 saturated carbocycles. The standard InChI is InChI=1S/C14H16N2O3/c1-18-11-6-2-9(3-7-11)12-8-13(19-16-12)14(17)15-10-4-5-10/h2-3,6-7,10,13H,4-5,8H2,1H3,(H,15,17)/t13-/m0/s1. The van der Waals surface area contributed by atoms with Crippen molar-refractivity contribution < 1.29 is 14.4 Å². The first-order valence-corrected chi connectivity index (χ1v) is 6.44. The van der Waals surface area contributed by atoms with Gasteiger partial charge in [0.25, 0.3) is 5.91 Å². The summed E-state index contributed by atoms with van der Waals surface area (Å²) >= 11 is 0. The average Bonchev–Trinajstić information content (AvgIpc) is 3.11. The molecular formula is C14H16N2O3. The van der Waals surface area contributed by atoms with Crippen LogP contribution >= 0.6 is 0 Å². The Hall–Kier alpha value is -2.04. The molecule has 1 aliphatic carbocycles. The molecular weight excluding hydrogens is 244 g/mol. The summed E-state index contributed by atoms with van der Waals surface area (Å²) in [5.41, 5.74) is 1.76. The summed E-state index contributed by atoms with van der Waals surface area (Å²) in [6.45, 7) is 0. The van der Waals surface area contributed by atoms with E-state index in [-0.39, 0.29) is 5.91 Å². The van der Waals surface area contributed by atoms with E-state index in [4.69, 9.17) is 9.57 Å². The van der Waals surface area contributed by atoms with Gasteiger partial charge in [-0.25, -0.2) is 0 Å². The average molecular weight is 260 g/mol. The van der Waals surface area contributed by atoms with Gasteiger partial charge in [0, 0.05) is 12.5 Å². The van der Waals surface area contributed by atoms with Gasteiger partial charge in [-0.1, -0.05) is 5.16 Å². The van der Waals surface area contributed by atoms with E-state index in [2.05, 4.69) is 10.5 Å². The molecule has 1 heterocycles. The lowest BCUT2D eigenvalue weighted by Gasteiger charge is -2.08. The van der Waals surface area contributed by atoms with Crippen LogP contribution in [0.4, 0.5) is 0 Å². The highest BCUT2D eigenvalue weighted by Crippen LogP contribution is 2.22. The third-order valence-electron chi connectivity index (χ3n) is 3.31. The second kappa shape index (κ2) is 4.91. The van der Waals surface area contributed by atoms with E-state index in [1.807, 2.05) is 24.3 Å². The summed E-state index contributed by atoms with van der Waals surface area (Å²) in [5.74, 6) is 0.737. The zero-order valence-electron chi connectivity index (χ0n) is 10.8. The van der Waals surface area contributed by atoms with Gasteiger partial charge in [-0.2, -0.15) is 0 Å². The molecule has 1 aromatic rings. The molecule has 100 valence electrons. The molecule has 0 bridgehead atoms. The van der Waals surface area contributed by atoms with Gasteiger partial charge in [0.2, 0.25) is 6.10 Å². The largest absolute Gasteiger partial charge is 0.497 e. The van der Waals surface area contributed by atoms with E-state index >= 15 is 0 Å². The van der Waals surface area contributed by atoms with Gasteiger partial charge < -0.3 is 14.9 Å². The summed E-state index contributed by atoms with van der Waals surface area (Å²) in [7, 11) is 1.63. The monoisotopic (exact) mass is 260 g/mol. The Morgan fingerprint density at radius 1 is 1.37 bits per heavy atom. The quantitative estimate of drug-likeness (QED) is 0.891. The maximum atomic E-state index is 11.8. The number of hydrogen-bond donors (Lipinski definition) is 1. The number of nitrogens with zero attached hydrogens (tertiary/aromatic N) is 1. The number of hydrogen-bond acceptors (Lipinski definition) is 4. The van der Waals surface area contributed by atoms with Crippen LogP contribution < -0.4 is 10.1 Å². The first-order chi connectivity index (χ1) is 9.26. The fourth-order valence-electron chi connectivity index (χ4n) is 1.99. The lowest BCUT2D eigenvalue weighted by Crippen LogP contribution is -2.36. The van der Waals surface area contributed by atoms with Crippen molar-refractivity contribution in [1.82, 2.24) is 5.32 Å². The smallest absolute Gasteiger partial charge is 0.264 e. The molecule has 19 heavy (non-hydrogen) atoms. The Morgan fingerprint density at radius 3 is 2.74 bits per heavy atom. The molecule has 1 fully saturated rings. The number of benzene rings is 1. The fourth-order valence-corrected chi connectivity index (χ4v) is 1.99. The number of nitrogens with one attached hydrogen (secondary N) is 1. The van der Waals surface area contributed by atoms with Crippen LogP contribution in [0.5, 0.6) is 5.75 Å². The van der Waals surface area contributed by atoms with Gasteiger partial charge in [0.05, 0.1) is 12.8 Å². The number of amides is 1. The topological polar surface area (TPSA) is 59.9 Å². The molecule has 1 amide bonds. The van der Waals surface area contributed by atoms with Gasteiger partial charge in [-0.15, -0.1) is 0 Å². The highest BCUT2D eigenvalue weighted by Gasteiger charge is 2.32. The van der Waals surface area contributed by atoms with E-state index in [1.54, 1.807) is 7.11 Å². The lowest BCUT2D eigenvalue weighted by molar-refractivity contribution is -0.131. The van der Waals surface area contributed by atoms with Crippen LogP contribution in [0.1, 0.15) is 24.8 Å². The zero-order valence-corrected chi connectivity index (χ0v) is 10.8. The van der Waals surface area contributed by atoms with Crippen LogP contribution in [-0.4, -0.2) is 30.9 Å². The Kier molecular flexibility index (Phi) is 3.11. The molecule has 0 aromatic heterocycles. The van der Waals surface area contributed by atoms with E-state index in [9.17, 15) is 4.79 Å². The van der Waals surface area contributed by atoms with E-state index in [1.165, 1.54) is 0 Å². The molecule has 3 rings (SSSR count). The molecule has 0 saturated heterocycles. The third-order valence-corrected chi connectivity index (χ3v) is 3.31. The fraction of sp³-hybridized carbons (Fsp3) is 0.429. The summed E-state index contributed by atoms with van der Waals surface area (Å²) in [5, 5.41) is 6.94. The van der Waals surface area contributed by atoms with Crippen LogP contribution in [0.3, 0.4) is 0 Å². The second-order valence-electron chi connectivity index (χ2n) is 4.85. The van der Waals surface area contributed by atoms with Crippen LogP contribution in [0.25, 0.3) is 0 Å². The molecule has 0 spiro atoms. The van der Waals surface area contributed by atoms with Gasteiger partial charge in [0.15, 0.2) is 0 Å². The van der Waals surface area contributed by atoms with Crippen molar-refractivity contribution in [2.45, 2.75) is 31.4 Å². The number of carbonyl (C=O) groups is 1. The van der Waals surface area contributed by atoms with Crippen molar-refractivity contribution in [1.29, 1.82) is 0 Å². The SMILES string of the molecule is COc1ccc(C2=NO[C@H](C(=O)NC3CC3)C2)cc1. The second-order valence-corrected chi connectivity index (χ2v) is 4.85. The minimum absolute atomic E-state index is 0.0604. The first-order valence-electron chi connectivity index (χ1n) is 6.44. The van der Waals surface area contributed by atoms with E-state index in [0.29, 0.717) is 12.5 Å². The Balaban J connectivity index is 1.61. The highest BCUT2D eigenvalue weighted by molar-refractivity contribution is 6.04. The Morgan fingerprint density at radius 2 is 2.11 bits per heavy atom. The van der Waals surface area contributed by atoms with Crippen LogP contribution in [0.15, 0.2) is 29.4 Å². The number of carbonyl (C=O) groups excluding carboxylic acids is 1. The third kappa shape index (κ3) is 2.70. The normalized spacial score (nSPS) is 21.5. The van der Waals surface area contributed by atoms with E-state index in [0.717, 1.165) is 29.9 Å². The highest BCUT2D eigenvalue weighted by atomic mass is 16.6. The van der Waals surface area contributed by atoms with Crippen molar-refractivity contribution in [2.75, 3.05) is 7.11 Å². The Labute approximate surface area is 111 Å². The molecule has 1 N–H and O–H groups in total. The molecule has 2 aliphatic rings. The number of ether oxygens (including phenoxy) is 1. The van der Waals surface area contributed by atoms with Crippen LogP contribution in [-0.2, 0) is 9.63 Å². The van der Waals surface area contributed by atoms with Gasteiger partial charge in [0.1, 0.15) is 5.75 Å². The summed E-state index contributed by atoms with van der Waals surface area (Å²) in [4.78, 5) is 17.1. The predicted octanol–water partition coefficient (Wildman–Crippen LogP) is 1.47. The number of rotatable bonds is 4. The molecule has 1 aliphatic heterocycles. The molecule has 0 radical (unpaired) electrons. The maximum absolute atomic E-state index is 11.8. The summed E-state index contributed by atoms with van der Waals surface area (Å²) in [6.07, 6.45) is 2.18. The van der Waals surface area contributed by atoms with Gasteiger partial charge >= 0.3 is 0 Å². The maximum Gasteiger partial charge on any atom is 0.264 e. The molecule has 1 aromatic carbocycles. The summed E-state index contributed by atoms with van der Waals surface area (Å²) < 4.78 is 5.11. The number of oxime groups is 1. The molecule has 0 unspecified atom stereocenters. The van der Waals surface area contributed by atoms with Crippen molar-refractivity contribution in [3.63, 3.8) is 0 Å². The molecule has 5 nitrogen and oxygen atoms in total. The molecule has 1 atom stereocenters. The van der Waals surface area contributed by atoms with E-state index < -0.39 is 6.10 Å². The predicted molar refractivity (Wildman–Crippen MR) is 70.2 cm³/mol. The first kappa shape index (κ1) is 12.0. The lowest BCUT2D eigenvalue weighted by atomic mass is 10.0. The van der Waals surface area contributed by atoms with Gasteiger partial charge in [-0.05, 0) is 42.7 Å².